The maximum Gasteiger partial charge on any atom is 0.182 e. The Hall–Kier alpha value is -2.33. The number of carbonyl (C=O) groups is 1. The van der Waals surface area contributed by atoms with Gasteiger partial charge in [-0.1, -0.05) is 18.5 Å². The molecule has 2 aromatic rings. The van der Waals surface area contributed by atoms with Gasteiger partial charge in [0.2, 0.25) is 0 Å². The Balaban J connectivity index is 1.85. The standard InChI is InChI=1S/C22H25ClN2O2/c1-16-3-12-22(24-14-13-16)25(19-8-6-18(23)7-9-19)15-21(26)17-4-10-20(27-2)11-5-17/h4-11,16H,3,12-15H2,1-2H3. The Bertz CT molecular complexity index is 800. The molecule has 1 atom stereocenters. The smallest absolute Gasteiger partial charge is 0.182 e. The van der Waals surface area contributed by atoms with Gasteiger partial charge < -0.3 is 9.64 Å². The van der Waals surface area contributed by atoms with Crippen LogP contribution in [0.3, 0.4) is 0 Å². The van der Waals surface area contributed by atoms with Crippen LogP contribution in [0, 0.1) is 5.92 Å². The lowest BCUT2D eigenvalue weighted by atomic mass is 10.0. The van der Waals surface area contributed by atoms with Crippen LogP contribution in [0.2, 0.25) is 5.02 Å². The highest BCUT2D eigenvalue weighted by molar-refractivity contribution is 6.30. The summed E-state index contributed by atoms with van der Waals surface area (Å²) in [4.78, 5) is 19.7. The molecular weight excluding hydrogens is 360 g/mol. The zero-order chi connectivity index (χ0) is 19.2. The number of nitrogens with zero attached hydrogens (tertiary/aromatic N) is 2. The van der Waals surface area contributed by atoms with Gasteiger partial charge >= 0.3 is 0 Å². The van der Waals surface area contributed by atoms with Gasteiger partial charge in [0, 0.05) is 29.2 Å². The molecule has 27 heavy (non-hydrogen) atoms. The second-order valence-corrected chi connectivity index (χ2v) is 7.38. The topological polar surface area (TPSA) is 41.9 Å². The van der Waals surface area contributed by atoms with E-state index in [0.29, 0.717) is 16.5 Å². The van der Waals surface area contributed by atoms with E-state index in [-0.39, 0.29) is 12.3 Å². The highest BCUT2D eigenvalue weighted by Gasteiger charge is 2.21. The Kier molecular flexibility index (Phi) is 6.51. The van der Waals surface area contributed by atoms with Gasteiger partial charge in [-0.3, -0.25) is 9.79 Å². The van der Waals surface area contributed by atoms with Crippen molar-refractivity contribution in [2.45, 2.75) is 26.2 Å². The number of carbonyl (C=O) groups excluding carboxylic acids is 1. The molecule has 4 nitrogen and oxygen atoms in total. The van der Waals surface area contributed by atoms with E-state index in [1.807, 2.05) is 41.3 Å². The van der Waals surface area contributed by atoms with Crippen LogP contribution < -0.4 is 9.64 Å². The van der Waals surface area contributed by atoms with Crippen LogP contribution in [-0.4, -0.2) is 31.8 Å². The molecule has 0 fully saturated rings. The average molecular weight is 385 g/mol. The molecule has 0 saturated carbocycles. The molecule has 142 valence electrons. The van der Waals surface area contributed by atoms with Gasteiger partial charge in [0.25, 0.3) is 0 Å². The highest BCUT2D eigenvalue weighted by Crippen LogP contribution is 2.24. The monoisotopic (exact) mass is 384 g/mol. The van der Waals surface area contributed by atoms with Crippen LogP contribution in [0.25, 0.3) is 0 Å². The molecular formula is C22H25ClN2O2. The van der Waals surface area contributed by atoms with Crippen molar-refractivity contribution in [3.8, 4) is 5.75 Å². The fourth-order valence-corrected chi connectivity index (χ4v) is 3.32. The van der Waals surface area contributed by atoms with E-state index in [1.165, 1.54) is 0 Å². The molecule has 1 unspecified atom stereocenters. The molecule has 2 aromatic carbocycles. The lowest BCUT2D eigenvalue weighted by Gasteiger charge is -2.26. The van der Waals surface area contributed by atoms with Gasteiger partial charge in [-0.25, -0.2) is 0 Å². The third kappa shape index (κ3) is 5.10. The van der Waals surface area contributed by atoms with Crippen LogP contribution in [-0.2, 0) is 0 Å². The molecule has 0 bridgehead atoms. The number of Topliss-reactive ketones (excluding diaryl/α,β-unsaturated/α-hetero) is 1. The average Bonchev–Trinajstić information content (AvgIpc) is 2.91. The molecule has 0 spiro atoms. The number of hydrogen-bond acceptors (Lipinski definition) is 4. The van der Waals surface area contributed by atoms with Crippen molar-refractivity contribution in [1.82, 2.24) is 0 Å². The van der Waals surface area contributed by atoms with E-state index in [1.54, 1.807) is 19.2 Å². The molecule has 0 aromatic heterocycles. The number of methoxy groups -OCH3 is 1. The maximum absolute atomic E-state index is 12.9. The zero-order valence-corrected chi connectivity index (χ0v) is 16.6. The van der Waals surface area contributed by atoms with E-state index >= 15 is 0 Å². The lowest BCUT2D eigenvalue weighted by molar-refractivity contribution is 0.100. The van der Waals surface area contributed by atoms with E-state index < -0.39 is 0 Å². The normalized spacial score (nSPS) is 17.0. The third-order valence-corrected chi connectivity index (χ3v) is 5.19. The minimum atomic E-state index is 0.0487. The molecule has 1 heterocycles. The molecule has 0 radical (unpaired) electrons. The number of halogens is 1. The molecule has 5 heteroatoms. The predicted octanol–water partition coefficient (Wildman–Crippen LogP) is 5.26. The molecule has 0 amide bonds. The fourth-order valence-electron chi connectivity index (χ4n) is 3.20. The molecule has 1 aliphatic rings. The zero-order valence-electron chi connectivity index (χ0n) is 15.8. The van der Waals surface area contributed by atoms with Crippen molar-refractivity contribution in [2.75, 3.05) is 25.1 Å². The maximum atomic E-state index is 12.9. The molecule has 0 N–H and O–H groups in total. The largest absolute Gasteiger partial charge is 0.497 e. The van der Waals surface area contributed by atoms with Gasteiger partial charge in [0.1, 0.15) is 11.6 Å². The summed E-state index contributed by atoms with van der Waals surface area (Å²) in [6.07, 6.45) is 3.05. The van der Waals surface area contributed by atoms with Crippen LogP contribution >= 0.6 is 11.6 Å². The number of ketones is 1. The quantitative estimate of drug-likeness (QED) is 0.660. The molecule has 0 saturated heterocycles. The number of hydrogen-bond donors (Lipinski definition) is 0. The Labute approximate surface area is 165 Å². The van der Waals surface area contributed by atoms with Crippen molar-refractivity contribution >= 4 is 28.9 Å². The first-order valence-electron chi connectivity index (χ1n) is 9.30. The SMILES string of the molecule is COc1ccc(C(=O)CN(C2=NCCC(C)CC2)c2ccc(Cl)cc2)cc1. The number of anilines is 1. The minimum absolute atomic E-state index is 0.0487. The number of benzene rings is 2. The summed E-state index contributed by atoms with van der Waals surface area (Å²) in [5.74, 6) is 2.41. The summed E-state index contributed by atoms with van der Waals surface area (Å²) in [5, 5.41) is 0.677. The number of aliphatic imine (C=N–C) groups is 1. The van der Waals surface area contributed by atoms with Crippen molar-refractivity contribution in [3.05, 3.63) is 59.1 Å². The number of amidine groups is 1. The number of ether oxygens (including phenoxy) is 1. The first-order valence-corrected chi connectivity index (χ1v) is 9.68. The van der Waals surface area contributed by atoms with E-state index in [9.17, 15) is 4.79 Å². The van der Waals surface area contributed by atoms with Crippen molar-refractivity contribution in [2.24, 2.45) is 10.9 Å². The minimum Gasteiger partial charge on any atom is -0.497 e. The van der Waals surface area contributed by atoms with Crippen molar-refractivity contribution < 1.29 is 9.53 Å². The summed E-state index contributed by atoms with van der Waals surface area (Å²) < 4.78 is 5.18. The van der Waals surface area contributed by atoms with Crippen LogP contribution in [0.15, 0.2) is 53.5 Å². The Morgan fingerprint density at radius 2 is 1.85 bits per heavy atom. The summed E-state index contributed by atoms with van der Waals surface area (Å²) in [6.45, 7) is 3.31. The van der Waals surface area contributed by atoms with Crippen LogP contribution in [0.1, 0.15) is 36.5 Å². The van der Waals surface area contributed by atoms with Gasteiger partial charge in [-0.05, 0) is 67.3 Å². The first kappa shape index (κ1) is 19.4. The van der Waals surface area contributed by atoms with Gasteiger partial charge in [0.15, 0.2) is 5.78 Å². The summed E-state index contributed by atoms with van der Waals surface area (Å²) in [7, 11) is 1.62. The van der Waals surface area contributed by atoms with Crippen LogP contribution in [0.4, 0.5) is 5.69 Å². The van der Waals surface area contributed by atoms with Gasteiger partial charge in [-0.15, -0.1) is 0 Å². The predicted molar refractivity (Wildman–Crippen MR) is 111 cm³/mol. The first-order chi connectivity index (χ1) is 13.1. The summed E-state index contributed by atoms with van der Waals surface area (Å²) >= 11 is 6.05. The van der Waals surface area contributed by atoms with Crippen molar-refractivity contribution in [1.29, 1.82) is 0 Å². The summed E-state index contributed by atoms with van der Waals surface area (Å²) in [5.41, 5.74) is 1.60. The van der Waals surface area contributed by atoms with E-state index in [0.717, 1.165) is 43.1 Å². The number of rotatable bonds is 5. The Morgan fingerprint density at radius 3 is 2.52 bits per heavy atom. The second kappa shape index (κ2) is 9.05. The summed E-state index contributed by atoms with van der Waals surface area (Å²) in [6, 6.07) is 14.8. The molecule has 3 rings (SSSR count). The van der Waals surface area contributed by atoms with Crippen molar-refractivity contribution in [3.63, 3.8) is 0 Å². The second-order valence-electron chi connectivity index (χ2n) is 6.94. The Morgan fingerprint density at radius 1 is 1.15 bits per heavy atom. The van der Waals surface area contributed by atoms with E-state index in [2.05, 4.69) is 6.92 Å². The van der Waals surface area contributed by atoms with Gasteiger partial charge in [-0.2, -0.15) is 0 Å². The van der Waals surface area contributed by atoms with Crippen LogP contribution in [0.5, 0.6) is 5.75 Å². The lowest BCUT2D eigenvalue weighted by Crippen LogP contribution is -2.36. The third-order valence-electron chi connectivity index (χ3n) is 4.94. The molecule has 0 aliphatic carbocycles. The molecule has 1 aliphatic heterocycles. The van der Waals surface area contributed by atoms with Gasteiger partial charge in [0.05, 0.1) is 13.7 Å². The fraction of sp³-hybridized carbons (Fsp3) is 0.364. The van der Waals surface area contributed by atoms with E-state index in [4.69, 9.17) is 21.3 Å². The highest BCUT2D eigenvalue weighted by atomic mass is 35.5.